The standard InChI is InChI=1S/C45H27N3O/c1-2-13-30(14-3-1)43-46-44(33-22-21-28-11-4-5-15-31(28)25-33)48-45(47-43)40-27-39-37-18-8-9-20-41(37)49-42(39)38-26-32(23-24-36(38)40)35-19-10-16-29-12-6-7-17-34(29)35/h1-27H. The van der Waals surface area contributed by atoms with Gasteiger partial charge in [-0.3, -0.25) is 0 Å². The Kier molecular flexibility index (Phi) is 6.15. The Hall–Kier alpha value is -6.65. The van der Waals surface area contributed by atoms with Crippen molar-refractivity contribution in [1.82, 2.24) is 15.0 Å². The molecule has 0 radical (unpaired) electrons. The van der Waals surface area contributed by atoms with Crippen LogP contribution in [0.4, 0.5) is 0 Å². The van der Waals surface area contributed by atoms with Crippen molar-refractivity contribution < 1.29 is 4.42 Å². The van der Waals surface area contributed by atoms with Crippen molar-refractivity contribution in [2.75, 3.05) is 0 Å². The summed E-state index contributed by atoms with van der Waals surface area (Å²) in [4.78, 5) is 15.4. The molecule has 0 saturated carbocycles. The first kappa shape index (κ1) is 27.5. The number of hydrogen-bond donors (Lipinski definition) is 0. The maximum absolute atomic E-state index is 6.61. The first-order valence-electron chi connectivity index (χ1n) is 16.4. The van der Waals surface area contributed by atoms with E-state index in [1.165, 1.54) is 21.7 Å². The van der Waals surface area contributed by atoms with Gasteiger partial charge in [-0.15, -0.1) is 0 Å². The molecule has 2 aromatic heterocycles. The van der Waals surface area contributed by atoms with E-state index in [-0.39, 0.29) is 0 Å². The molecule has 4 nitrogen and oxygen atoms in total. The van der Waals surface area contributed by atoms with E-state index in [4.69, 9.17) is 19.4 Å². The molecule has 0 saturated heterocycles. The highest BCUT2D eigenvalue weighted by atomic mass is 16.3. The Bertz CT molecular complexity index is 2890. The summed E-state index contributed by atoms with van der Waals surface area (Å²) < 4.78 is 6.61. The summed E-state index contributed by atoms with van der Waals surface area (Å²) >= 11 is 0. The van der Waals surface area contributed by atoms with Crippen LogP contribution in [-0.2, 0) is 0 Å². The van der Waals surface area contributed by atoms with Crippen LogP contribution in [0, 0.1) is 0 Å². The van der Waals surface area contributed by atoms with E-state index in [0.29, 0.717) is 17.5 Å². The Labute approximate surface area is 282 Å². The Balaban J connectivity index is 1.27. The molecule has 0 aliphatic carbocycles. The van der Waals surface area contributed by atoms with Crippen molar-refractivity contribution in [3.05, 3.63) is 164 Å². The van der Waals surface area contributed by atoms with Crippen LogP contribution >= 0.6 is 0 Å². The van der Waals surface area contributed by atoms with Crippen molar-refractivity contribution >= 4 is 54.3 Å². The number of para-hydroxylation sites is 1. The normalized spacial score (nSPS) is 11.7. The van der Waals surface area contributed by atoms with Crippen LogP contribution in [0.3, 0.4) is 0 Å². The molecule has 0 aliphatic rings. The average Bonchev–Trinajstić information content (AvgIpc) is 3.56. The lowest BCUT2D eigenvalue weighted by molar-refractivity contribution is 0.672. The lowest BCUT2D eigenvalue weighted by Gasteiger charge is -2.13. The summed E-state index contributed by atoms with van der Waals surface area (Å²) in [7, 11) is 0. The molecule has 0 N–H and O–H groups in total. The SMILES string of the molecule is c1ccc(-c2nc(-c3ccc4ccccc4c3)nc(-c3cc4c5ccccc5oc4c4cc(-c5cccc6ccccc56)ccc34)n2)cc1. The topological polar surface area (TPSA) is 51.8 Å². The molecule has 0 fully saturated rings. The first-order valence-corrected chi connectivity index (χ1v) is 16.4. The summed E-state index contributed by atoms with van der Waals surface area (Å²) in [5.41, 5.74) is 6.82. The van der Waals surface area contributed by atoms with Gasteiger partial charge in [-0.1, -0.05) is 140 Å². The molecule has 0 atom stereocenters. The third-order valence-electron chi connectivity index (χ3n) is 9.49. The van der Waals surface area contributed by atoms with Gasteiger partial charge in [0.2, 0.25) is 0 Å². The lowest BCUT2D eigenvalue weighted by Crippen LogP contribution is -2.00. The van der Waals surface area contributed by atoms with Crippen LogP contribution in [-0.4, -0.2) is 15.0 Å². The van der Waals surface area contributed by atoms with E-state index in [2.05, 4.69) is 121 Å². The van der Waals surface area contributed by atoms with Gasteiger partial charge in [-0.25, -0.2) is 15.0 Å². The fourth-order valence-corrected chi connectivity index (χ4v) is 7.10. The minimum atomic E-state index is 0.618. The Morgan fingerprint density at radius 1 is 0.327 bits per heavy atom. The zero-order valence-electron chi connectivity index (χ0n) is 26.3. The molecule has 0 bridgehead atoms. The van der Waals surface area contributed by atoms with E-state index in [1.807, 2.05) is 42.5 Å². The van der Waals surface area contributed by atoms with Crippen molar-refractivity contribution in [3.8, 4) is 45.3 Å². The number of fused-ring (bicyclic) bond motifs is 7. The van der Waals surface area contributed by atoms with Gasteiger partial charge in [0.05, 0.1) is 0 Å². The molecule has 49 heavy (non-hydrogen) atoms. The van der Waals surface area contributed by atoms with Crippen molar-refractivity contribution in [2.24, 2.45) is 0 Å². The molecule has 2 heterocycles. The molecule has 8 aromatic carbocycles. The molecular formula is C45H27N3O. The first-order chi connectivity index (χ1) is 24.3. The predicted octanol–water partition coefficient (Wildman–Crippen LogP) is 11.9. The molecular weight excluding hydrogens is 599 g/mol. The number of rotatable bonds is 4. The van der Waals surface area contributed by atoms with E-state index < -0.39 is 0 Å². The average molecular weight is 626 g/mol. The predicted molar refractivity (Wildman–Crippen MR) is 201 cm³/mol. The van der Waals surface area contributed by atoms with Crippen LogP contribution < -0.4 is 0 Å². The van der Waals surface area contributed by atoms with E-state index in [9.17, 15) is 0 Å². The highest BCUT2D eigenvalue weighted by molar-refractivity contribution is 6.19. The fraction of sp³-hybridized carbons (Fsp3) is 0. The summed E-state index contributed by atoms with van der Waals surface area (Å²) in [6.07, 6.45) is 0. The van der Waals surface area contributed by atoms with Crippen LogP contribution in [0.5, 0.6) is 0 Å². The maximum Gasteiger partial charge on any atom is 0.164 e. The molecule has 0 spiro atoms. The molecule has 0 aliphatic heterocycles. The zero-order valence-corrected chi connectivity index (χ0v) is 26.3. The number of nitrogens with zero attached hydrogens (tertiary/aromatic N) is 3. The molecule has 10 rings (SSSR count). The van der Waals surface area contributed by atoms with Crippen molar-refractivity contribution in [2.45, 2.75) is 0 Å². The highest BCUT2D eigenvalue weighted by Gasteiger charge is 2.20. The highest BCUT2D eigenvalue weighted by Crippen LogP contribution is 2.42. The second-order valence-electron chi connectivity index (χ2n) is 12.4. The third kappa shape index (κ3) is 4.57. The summed E-state index contributed by atoms with van der Waals surface area (Å²) in [6, 6.07) is 56.9. The van der Waals surface area contributed by atoms with Gasteiger partial charge < -0.3 is 4.42 Å². The van der Waals surface area contributed by atoms with Gasteiger partial charge in [-0.2, -0.15) is 0 Å². The second kappa shape index (κ2) is 11.0. The van der Waals surface area contributed by atoms with Crippen LogP contribution in [0.2, 0.25) is 0 Å². The van der Waals surface area contributed by atoms with Crippen molar-refractivity contribution in [1.29, 1.82) is 0 Å². The van der Waals surface area contributed by atoms with Gasteiger partial charge in [0, 0.05) is 32.8 Å². The number of furan rings is 1. The minimum Gasteiger partial charge on any atom is -0.455 e. The lowest BCUT2D eigenvalue weighted by atomic mass is 9.93. The molecule has 228 valence electrons. The third-order valence-corrected chi connectivity index (χ3v) is 9.49. The van der Waals surface area contributed by atoms with Crippen LogP contribution in [0.15, 0.2) is 168 Å². The number of aromatic nitrogens is 3. The maximum atomic E-state index is 6.61. The van der Waals surface area contributed by atoms with Gasteiger partial charge in [0.25, 0.3) is 0 Å². The zero-order chi connectivity index (χ0) is 32.3. The van der Waals surface area contributed by atoms with Gasteiger partial charge in [0.1, 0.15) is 11.2 Å². The van der Waals surface area contributed by atoms with E-state index >= 15 is 0 Å². The largest absolute Gasteiger partial charge is 0.455 e. The van der Waals surface area contributed by atoms with E-state index in [1.54, 1.807) is 0 Å². The van der Waals surface area contributed by atoms with Gasteiger partial charge >= 0.3 is 0 Å². The minimum absolute atomic E-state index is 0.618. The number of benzene rings is 8. The quantitative estimate of drug-likeness (QED) is 0.195. The summed E-state index contributed by atoms with van der Waals surface area (Å²) in [6.45, 7) is 0. The van der Waals surface area contributed by atoms with Crippen molar-refractivity contribution in [3.63, 3.8) is 0 Å². The molecule has 4 heteroatoms. The smallest absolute Gasteiger partial charge is 0.164 e. The fourth-order valence-electron chi connectivity index (χ4n) is 7.10. The Morgan fingerprint density at radius 3 is 1.86 bits per heavy atom. The second-order valence-corrected chi connectivity index (χ2v) is 12.4. The Morgan fingerprint density at radius 2 is 0.980 bits per heavy atom. The number of hydrogen-bond acceptors (Lipinski definition) is 4. The van der Waals surface area contributed by atoms with Gasteiger partial charge in [-0.05, 0) is 62.3 Å². The monoisotopic (exact) mass is 625 g/mol. The summed E-state index contributed by atoms with van der Waals surface area (Å²) in [5.74, 6) is 1.88. The van der Waals surface area contributed by atoms with Crippen LogP contribution in [0.1, 0.15) is 0 Å². The molecule has 10 aromatic rings. The van der Waals surface area contributed by atoms with E-state index in [0.717, 1.165) is 60.4 Å². The molecule has 0 unspecified atom stereocenters. The van der Waals surface area contributed by atoms with Gasteiger partial charge in [0.15, 0.2) is 17.5 Å². The summed E-state index contributed by atoms with van der Waals surface area (Å²) in [5, 5.41) is 8.86. The van der Waals surface area contributed by atoms with Crippen LogP contribution in [0.25, 0.3) is 99.5 Å². The molecule has 0 amide bonds.